The Morgan fingerprint density at radius 1 is 1.12 bits per heavy atom. The monoisotopic (exact) mass is 533 g/mol. The van der Waals surface area contributed by atoms with Crippen LogP contribution in [0.1, 0.15) is 68.0 Å². The molecule has 4 rings (SSSR count). The number of rotatable bonds is 5. The van der Waals surface area contributed by atoms with Crippen LogP contribution in [0.2, 0.25) is 5.32 Å². The third kappa shape index (κ3) is 5.22. The molecule has 184 valence electrons. The van der Waals surface area contributed by atoms with Gasteiger partial charge in [-0.15, -0.1) is 0 Å². The molecule has 1 amide bonds. The number of ether oxygens (including phenoxy) is 3. The summed E-state index contributed by atoms with van der Waals surface area (Å²) in [6, 6.07) is 10.3. The SMILES string of the molecule is COc1cc2c(cc1OC)[C@H](C[Se]c1cccc3c1[C@@H](O)CCC3)N(C(=O)OC(C)(C)C)CC2. The van der Waals surface area contributed by atoms with Crippen molar-refractivity contribution >= 4 is 25.5 Å². The summed E-state index contributed by atoms with van der Waals surface area (Å²) in [5.74, 6) is 1.37. The number of hydrogen-bond donors (Lipinski definition) is 1. The molecular weight excluding hydrogens is 497 g/mol. The Kier molecular flexibility index (Phi) is 7.46. The van der Waals surface area contributed by atoms with Gasteiger partial charge in [0.15, 0.2) is 0 Å². The van der Waals surface area contributed by atoms with Gasteiger partial charge in [0.2, 0.25) is 0 Å². The molecule has 0 radical (unpaired) electrons. The second-order valence-corrected chi connectivity index (χ2v) is 12.1. The van der Waals surface area contributed by atoms with Gasteiger partial charge in [0, 0.05) is 0 Å². The Labute approximate surface area is 208 Å². The van der Waals surface area contributed by atoms with Crippen LogP contribution >= 0.6 is 0 Å². The van der Waals surface area contributed by atoms with Gasteiger partial charge in [0.1, 0.15) is 0 Å². The first-order valence-electron chi connectivity index (χ1n) is 11.9. The molecule has 0 aromatic heterocycles. The third-order valence-corrected chi connectivity index (χ3v) is 8.85. The molecule has 2 atom stereocenters. The summed E-state index contributed by atoms with van der Waals surface area (Å²) in [4.78, 5) is 15.1. The maximum atomic E-state index is 13.2. The fourth-order valence-corrected chi connectivity index (χ4v) is 7.57. The molecule has 2 aromatic rings. The molecule has 1 heterocycles. The van der Waals surface area contributed by atoms with Gasteiger partial charge in [0.25, 0.3) is 0 Å². The molecule has 34 heavy (non-hydrogen) atoms. The minimum absolute atomic E-state index is 0.0658. The fraction of sp³-hybridized carbons (Fsp3) is 0.519. The van der Waals surface area contributed by atoms with E-state index in [0.717, 1.165) is 42.1 Å². The Morgan fingerprint density at radius 3 is 2.56 bits per heavy atom. The predicted molar refractivity (Wildman–Crippen MR) is 133 cm³/mol. The Morgan fingerprint density at radius 2 is 1.85 bits per heavy atom. The summed E-state index contributed by atoms with van der Waals surface area (Å²) in [7, 11) is 3.28. The summed E-state index contributed by atoms with van der Waals surface area (Å²) in [5.41, 5.74) is 4.07. The second kappa shape index (κ2) is 10.2. The molecule has 0 saturated carbocycles. The fourth-order valence-electron chi connectivity index (χ4n) is 4.86. The van der Waals surface area contributed by atoms with Crippen LogP contribution < -0.4 is 13.9 Å². The van der Waals surface area contributed by atoms with Gasteiger partial charge in [-0.2, -0.15) is 0 Å². The van der Waals surface area contributed by atoms with Gasteiger partial charge < -0.3 is 0 Å². The summed E-state index contributed by atoms with van der Waals surface area (Å²) in [6.45, 7) is 6.28. The van der Waals surface area contributed by atoms with Crippen LogP contribution in [-0.2, 0) is 17.6 Å². The molecular formula is C27H35NO5Se. The first kappa shape index (κ1) is 24.9. The zero-order chi connectivity index (χ0) is 24.5. The number of fused-ring (bicyclic) bond motifs is 2. The molecule has 0 spiro atoms. The number of carbonyl (C=O) groups excluding carboxylic acids is 1. The molecule has 1 aliphatic heterocycles. The topological polar surface area (TPSA) is 68.2 Å². The molecule has 7 heteroatoms. The van der Waals surface area contributed by atoms with Crippen molar-refractivity contribution in [3.63, 3.8) is 0 Å². The predicted octanol–water partition coefficient (Wildman–Crippen LogP) is 4.36. The van der Waals surface area contributed by atoms with E-state index in [1.165, 1.54) is 15.6 Å². The molecule has 1 aliphatic carbocycles. The summed E-state index contributed by atoms with van der Waals surface area (Å²) in [6.07, 6.45) is 2.90. The van der Waals surface area contributed by atoms with Gasteiger partial charge in [-0.3, -0.25) is 0 Å². The maximum absolute atomic E-state index is 13.2. The molecule has 0 bridgehead atoms. The quantitative estimate of drug-likeness (QED) is 0.580. The zero-order valence-electron chi connectivity index (χ0n) is 20.7. The average Bonchev–Trinajstić information content (AvgIpc) is 2.80. The van der Waals surface area contributed by atoms with Crippen molar-refractivity contribution in [1.29, 1.82) is 0 Å². The van der Waals surface area contributed by atoms with Crippen LogP contribution in [0.15, 0.2) is 30.3 Å². The molecule has 0 unspecified atom stereocenters. The van der Waals surface area contributed by atoms with Crippen LogP contribution in [-0.4, -0.2) is 57.4 Å². The van der Waals surface area contributed by atoms with E-state index in [0.29, 0.717) is 18.0 Å². The van der Waals surface area contributed by atoms with E-state index in [2.05, 4.69) is 18.2 Å². The average molecular weight is 533 g/mol. The minimum atomic E-state index is -0.562. The van der Waals surface area contributed by atoms with Crippen LogP contribution in [0.4, 0.5) is 4.79 Å². The van der Waals surface area contributed by atoms with Crippen LogP contribution in [0.3, 0.4) is 0 Å². The van der Waals surface area contributed by atoms with Gasteiger partial charge in [-0.25, -0.2) is 0 Å². The first-order chi connectivity index (χ1) is 16.2. The number of amides is 1. The van der Waals surface area contributed by atoms with Crippen molar-refractivity contribution in [3.8, 4) is 11.5 Å². The third-order valence-electron chi connectivity index (χ3n) is 6.44. The summed E-state index contributed by atoms with van der Waals surface area (Å²) < 4.78 is 18.1. The number of carbonyl (C=O) groups is 1. The van der Waals surface area contributed by atoms with Crippen molar-refractivity contribution in [1.82, 2.24) is 4.90 Å². The first-order valence-corrected chi connectivity index (χ1v) is 14.0. The number of aliphatic hydroxyl groups excluding tert-OH is 1. The number of benzene rings is 2. The van der Waals surface area contributed by atoms with E-state index in [1.807, 2.05) is 37.8 Å². The number of methoxy groups -OCH3 is 2. The van der Waals surface area contributed by atoms with E-state index in [4.69, 9.17) is 14.2 Å². The molecule has 0 fully saturated rings. The summed E-state index contributed by atoms with van der Waals surface area (Å²) in [5, 5.41) is 11.5. The standard InChI is InChI=1S/C27H35NO5Se/c1-27(2,3)33-26(30)28-13-12-18-14-22(31-4)23(32-5)15-19(18)20(28)16-34-24-11-7-9-17-8-6-10-21(29)25(17)24/h7,9,11,14-15,20-21,29H,6,8,10,12-13,16H2,1-5H3/t20-,21-/m0/s1. The summed E-state index contributed by atoms with van der Waals surface area (Å²) >= 11 is 0.0658. The number of nitrogens with zero attached hydrogens (tertiary/aromatic N) is 1. The Balaban J connectivity index is 1.68. The van der Waals surface area contributed by atoms with Crippen LogP contribution in [0.5, 0.6) is 11.5 Å². The van der Waals surface area contributed by atoms with Gasteiger partial charge >= 0.3 is 209 Å². The van der Waals surface area contributed by atoms with E-state index >= 15 is 0 Å². The molecule has 6 nitrogen and oxygen atoms in total. The molecule has 2 aliphatic rings. The Hall–Kier alpha value is -2.21. The van der Waals surface area contributed by atoms with E-state index < -0.39 is 11.7 Å². The van der Waals surface area contributed by atoms with Crippen molar-refractivity contribution in [2.24, 2.45) is 0 Å². The molecule has 1 N–H and O–H groups in total. The van der Waals surface area contributed by atoms with Gasteiger partial charge in [-0.05, 0) is 0 Å². The second-order valence-electron chi connectivity index (χ2n) is 9.89. The van der Waals surface area contributed by atoms with E-state index in [-0.39, 0.29) is 27.1 Å². The number of hydrogen-bond acceptors (Lipinski definition) is 5. The van der Waals surface area contributed by atoms with Crippen molar-refractivity contribution in [2.45, 2.75) is 69.5 Å². The van der Waals surface area contributed by atoms with E-state index in [1.54, 1.807) is 14.2 Å². The Bertz CT molecular complexity index is 1050. The van der Waals surface area contributed by atoms with Crippen LogP contribution in [0.25, 0.3) is 0 Å². The molecule has 2 aromatic carbocycles. The van der Waals surface area contributed by atoms with Crippen LogP contribution in [0, 0.1) is 0 Å². The zero-order valence-corrected chi connectivity index (χ0v) is 22.4. The van der Waals surface area contributed by atoms with Crippen molar-refractivity contribution in [3.05, 3.63) is 52.6 Å². The van der Waals surface area contributed by atoms with Crippen molar-refractivity contribution < 1.29 is 24.1 Å². The van der Waals surface area contributed by atoms with Gasteiger partial charge in [-0.1, -0.05) is 0 Å². The van der Waals surface area contributed by atoms with Gasteiger partial charge in [0.05, 0.1) is 0 Å². The number of aryl methyl sites for hydroxylation is 1. The van der Waals surface area contributed by atoms with E-state index in [9.17, 15) is 9.90 Å². The van der Waals surface area contributed by atoms with Crippen molar-refractivity contribution in [2.75, 3.05) is 20.8 Å². The normalized spacial score (nSPS) is 19.8. The molecule has 0 saturated heterocycles. The number of aliphatic hydroxyl groups is 1.